The lowest BCUT2D eigenvalue weighted by Crippen LogP contribution is -2.13. The van der Waals surface area contributed by atoms with Gasteiger partial charge in [0.25, 0.3) is 5.91 Å². The van der Waals surface area contributed by atoms with Crippen LogP contribution in [0.5, 0.6) is 11.5 Å². The van der Waals surface area contributed by atoms with Crippen LogP contribution in [0.15, 0.2) is 48.7 Å². The molecule has 0 spiro atoms. The molecule has 26 heavy (non-hydrogen) atoms. The average Bonchev–Trinajstić information content (AvgIpc) is 3.07. The summed E-state index contributed by atoms with van der Waals surface area (Å²) < 4.78 is 23.6. The molecule has 134 valence electrons. The van der Waals surface area contributed by atoms with E-state index in [1.807, 2.05) is 6.07 Å². The van der Waals surface area contributed by atoms with Crippen molar-refractivity contribution in [2.24, 2.45) is 0 Å². The first-order valence-electron chi connectivity index (χ1n) is 7.81. The molecule has 0 atom stereocenters. The van der Waals surface area contributed by atoms with Gasteiger partial charge in [0, 0.05) is 23.6 Å². The molecule has 1 aromatic heterocycles. The maximum Gasteiger partial charge on any atom is 0.261 e. The number of hydrogen-bond acceptors (Lipinski definition) is 5. The van der Waals surface area contributed by atoms with E-state index in [1.54, 1.807) is 37.6 Å². The zero-order valence-electron chi connectivity index (χ0n) is 14.3. The van der Waals surface area contributed by atoms with Crippen molar-refractivity contribution in [3.8, 4) is 11.5 Å². The fourth-order valence-corrected chi connectivity index (χ4v) is 3.29. The Kier molecular flexibility index (Phi) is 5.48. The second kappa shape index (κ2) is 7.97. The van der Waals surface area contributed by atoms with Crippen LogP contribution < -0.4 is 14.8 Å². The van der Waals surface area contributed by atoms with Gasteiger partial charge in [-0.15, -0.1) is 11.3 Å². The lowest BCUT2D eigenvalue weighted by Gasteiger charge is -2.09. The highest BCUT2D eigenvalue weighted by atomic mass is 32.1. The third-order valence-corrected chi connectivity index (χ3v) is 4.61. The van der Waals surface area contributed by atoms with Crippen molar-refractivity contribution in [1.82, 2.24) is 4.98 Å². The van der Waals surface area contributed by atoms with Gasteiger partial charge in [-0.05, 0) is 29.8 Å². The van der Waals surface area contributed by atoms with Gasteiger partial charge in [0.05, 0.1) is 19.8 Å². The quantitative estimate of drug-likeness (QED) is 0.706. The number of thiazole rings is 1. The van der Waals surface area contributed by atoms with Crippen LogP contribution in [0.1, 0.15) is 20.8 Å². The van der Waals surface area contributed by atoms with E-state index in [0.717, 1.165) is 10.4 Å². The number of methoxy groups -OCH3 is 2. The Morgan fingerprint density at radius 2 is 2.04 bits per heavy atom. The highest BCUT2D eigenvalue weighted by Crippen LogP contribution is 2.27. The Morgan fingerprint density at radius 3 is 2.77 bits per heavy atom. The van der Waals surface area contributed by atoms with Crippen LogP contribution in [0.4, 0.5) is 9.52 Å². The van der Waals surface area contributed by atoms with Gasteiger partial charge in [0.2, 0.25) is 0 Å². The number of aromatic nitrogens is 1. The summed E-state index contributed by atoms with van der Waals surface area (Å²) in [5.74, 6) is 0.423. The molecule has 5 nitrogen and oxygen atoms in total. The minimum Gasteiger partial charge on any atom is -0.497 e. The van der Waals surface area contributed by atoms with Crippen molar-refractivity contribution >= 4 is 22.4 Å². The molecule has 7 heteroatoms. The van der Waals surface area contributed by atoms with Crippen molar-refractivity contribution in [2.45, 2.75) is 6.42 Å². The highest BCUT2D eigenvalue weighted by Gasteiger charge is 2.15. The smallest absolute Gasteiger partial charge is 0.261 e. The zero-order valence-corrected chi connectivity index (χ0v) is 15.1. The van der Waals surface area contributed by atoms with Gasteiger partial charge in [-0.25, -0.2) is 9.37 Å². The Labute approximate surface area is 154 Å². The molecule has 0 aliphatic carbocycles. The second-order valence-corrected chi connectivity index (χ2v) is 6.57. The Bertz CT molecular complexity index is 927. The van der Waals surface area contributed by atoms with Crippen molar-refractivity contribution < 1.29 is 18.7 Å². The average molecular weight is 372 g/mol. The molecule has 1 heterocycles. The lowest BCUT2D eigenvalue weighted by molar-refractivity contribution is 0.102. The van der Waals surface area contributed by atoms with Crippen molar-refractivity contribution in [3.63, 3.8) is 0 Å². The van der Waals surface area contributed by atoms with E-state index in [4.69, 9.17) is 9.47 Å². The fraction of sp³-hybridized carbons (Fsp3) is 0.158. The second-order valence-electron chi connectivity index (χ2n) is 5.46. The molecule has 0 unspecified atom stereocenters. The maximum absolute atomic E-state index is 13.3. The molecule has 0 saturated carbocycles. The van der Waals surface area contributed by atoms with Crippen LogP contribution in [0.3, 0.4) is 0 Å². The number of rotatable bonds is 6. The van der Waals surface area contributed by atoms with Gasteiger partial charge in [-0.2, -0.15) is 0 Å². The number of carbonyl (C=O) groups is 1. The molecule has 0 radical (unpaired) electrons. The monoisotopic (exact) mass is 372 g/mol. The summed E-state index contributed by atoms with van der Waals surface area (Å²) in [5, 5.41) is 3.23. The third kappa shape index (κ3) is 4.18. The Balaban J connectivity index is 1.72. The van der Waals surface area contributed by atoms with E-state index in [1.165, 1.54) is 30.6 Å². The molecule has 0 fully saturated rings. The number of ether oxygens (including phenoxy) is 2. The van der Waals surface area contributed by atoms with E-state index in [0.29, 0.717) is 28.6 Å². The van der Waals surface area contributed by atoms with Crippen LogP contribution >= 0.6 is 11.3 Å². The van der Waals surface area contributed by atoms with Crippen molar-refractivity contribution in [2.75, 3.05) is 19.5 Å². The summed E-state index contributed by atoms with van der Waals surface area (Å²) >= 11 is 1.35. The van der Waals surface area contributed by atoms with E-state index >= 15 is 0 Å². The predicted octanol–water partition coefficient (Wildman–Crippen LogP) is 4.14. The van der Waals surface area contributed by atoms with E-state index < -0.39 is 0 Å². The molecular formula is C19H17FN2O3S. The van der Waals surface area contributed by atoms with Crippen LogP contribution in [-0.4, -0.2) is 25.1 Å². The molecule has 1 N–H and O–H groups in total. The predicted molar refractivity (Wildman–Crippen MR) is 98.8 cm³/mol. The molecule has 0 aliphatic rings. The number of anilines is 1. The summed E-state index contributed by atoms with van der Waals surface area (Å²) in [5.41, 5.74) is 1.23. The molecule has 0 bridgehead atoms. The van der Waals surface area contributed by atoms with Crippen LogP contribution in [0, 0.1) is 5.82 Å². The molecule has 0 aliphatic heterocycles. The largest absolute Gasteiger partial charge is 0.497 e. The first kappa shape index (κ1) is 17.9. The van der Waals surface area contributed by atoms with Gasteiger partial charge < -0.3 is 9.47 Å². The number of nitrogens with zero attached hydrogens (tertiary/aromatic N) is 1. The summed E-state index contributed by atoms with van der Waals surface area (Å²) in [6, 6.07) is 11.4. The fourth-order valence-electron chi connectivity index (χ4n) is 2.45. The Hall–Kier alpha value is -2.93. The molecule has 1 amide bonds. The summed E-state index contributed by atoms with van der Waals surface area (Å²) in [6.07, 6.45) is 2.23. The highest BCUT2D eigenvalue weighted by molar-refractivity contribution is 7.15. The van der Waals surface area contributed by atoms with Gasteiger partial charge in [0.1, 0.15) is 17.3 Å². The first-order valence-corrected chi connectivity index (χ1v) is 8.63. The number of halogens is 1. The third-order valence-electron chi connectivity index (χ3n) is 3.69. The van der Waals surface area contributed by atoms with Crippen molar-refractivity contribution in [1.29, 1.82) is 0 Å². The zero-order chi connectivity index (χ0) is 18.5. The van der Waals surface area contributed by atoms with Crippen molar-refractivity contribution in [3.05, 3.63) is 70.5 Å². The maximum atomic E-state index is 13.3. The minimum absolute atomic E-state index is 0.271. The van der Waals surface area contributed by atoms with Gasteiger partial charge in [-0.1, -0.05) is 12.1 Å². The number of hydrogen-bond donors (Lipinski definition) is 1. The lowest BCUT2D eigenvalue weighted by atomic mass is 10.1. The molecule has 0 saturated heterocycles. The first-order chi connectivity index (χ1) is 12.6. The van der Waals surface area contributed by atoms with Gasteiger partial charge >= 0.3 is 0 Å². The van der Waals surface area contributed by atoms with Crippen LogP contribution in [0.25, 0.3) is 0 Å². The minimum atomic E-state index is -0.323. The summed E-state index contributed by atoms with van der Waals surface area (Å²) in [4.78, 5) is 17.6. The van der Waals surface area contributed by atoms with E-state index in [9.17, 15) is 9.18 Å². The number of benzene rings is 2. The molecule has 3 rings (SSSR count). The van der Waals surface area contributed by atoms with Gasteiger partial charge in [0.15, 0.2) is 5.13 Å². The Morgan fingerprint density at radius 1 is 1.19 bits per heavy atom. The van der Waals surface area contributed by atoms with Crippen LogP contribution in [0.2, 0.25) is 0 Å². The molecular weight excluding hydrogens is 355 g/mol. The number of nitrogens with one attached hydrogen (secondary N) is 1. The number of amides is 1. The normalized spacial score (nSPS) is 10.4. The van der Waals surface area contributed by atoms with E-state index in [2.05, 4.69) is 10.3 Å². The topological polar surface area (TPSA) is 60.5 Å². The van der Waals surface area contributed by atoms with E-state index in [-0.39, 0.29) is 11.7 Å². The summed E-state index contributed by atoms with van der Waals surface area (Å²) in [7, 11) is 3.04. The van der Waals surface area contributed by atoms with Gasteiger partial charge in [-0.3, -0.25) is 10.1 Å². The molecule has 3 aromatic rings. The van der Waals surface area contributed by atoms with Crippen LogP contribution in [-0.2, 0) is 6.42 Å². The summed E-state index contributed by atoms with van der Waals surface area (Å²) in [6.45, 7) is 0. The SMILES string of the molecule is COc1ccc(C(=O)Nc2ncc(Cc3cccc(F)c3)s2)c(OC)c1. The molecule has 2 aromatic carbocycles. The standard InChI is InChI=1S/C19H17FN2O3S/c1-24-14-6-7-16(17(10-14)25-2)18(23)22-19-21-11-15(26-19)9-12-4-3-5-13(20)8-12/h3-8,10-11H,9H2,1-2H3,(H,21,22,23). The number of carbonyl (C=O) groups excluding carboxylic acids is 1.